The van der Waals surface area contributed by atoms with Crippen LogP contribution in [0, 0.1) is 5.92 Å². The highest BCUT2D eigenvalue weighted by molar-refractivity contribution is 5.93. The maximum absolute atomic E-state index is 12.5. The van der Waals surface area contributed by atoms with E-state index in [9.17, 15) is 4.79 Å². The molecule has 0 saturated carbocycles. The molecule has 0 aliphatic heterocycles. The second kappa shape index (κ2) is 6.19. The molecule has 0 spiro atoms. The summed E-state index contributed by atoms with van der Waals surface area (Å²) in [6.45, 7) is 4.00. The zero-order chi connectivity index (χ0) is 14.6. The Bertz CT molecular complexity index is 528. The monoisotopic (exact) mass is 270 g/mol. The molecular formula is C18H22O2. The predicted octanol–water partition coefficient (Wildman–Crippen LogP) is 4.03. The smallest absolute Gasteiger partial charge is 0.171 e. The van der Waals surface area contributed by atoms with Crippen molar-refractivity contribution in [3.05, 3.63) is 54.1 Å². The van der Waals surface area contributed by atoms with Crippen LogP contribution in [0.4, 0.5) is 0 Å². The van der Waals surface area contributed by atoms with Gasteiger partial charge in [-0.25, -0.2) is 0 Å². The maximum Gasteiger partial charge on any atom is 0.171 e. The van der Waals surface area contributed by atoms with Crippen molar-refractivity contribution in [1.82, 2.24) is 0 Å². The summed E-state index contributed by atoms with van der Waals surface area (Å²) in [5, 5.41) is 0. The van der Waals surface area contributed by atoms with Crippen molar-refractivity contribution >= 4 is 11.4 Å². The second-order valence-corrected chi connectivity index (χ2v) is 5.33. The minimum atomic E-state index is -0.784. The van der Waals surface area contributed by atoms with E-state index < -0.39 is 5.60 Å². The normalized spacial score (nSPS) is 23.2. The Labute approximate surface area is 121 Å². The highest BCUT2D eigenvalue weighted by atomic mass is 16.5. The standard InChI is InChI=1S/C18H22O2/c1-4-14(2)17(19)18(20-3)12-10-16(11-13-18)15-8-6-5-7-9-15/h5-12,14H,4,13H2,1-3H3. The minimum absolute atomic E-state index is 0.0197. The van der Waals surface area contributed by atoms with Gasteiger partial charge in [0.05, 0.1) is 0 Å². The number of carbonyl (C=O) groups is 1. The van der Waals surface area contributed by atoms with E-state index in [1.807, 2.05) is 44.2 Å². The molecule has 2 atom stereocenters. The summed E-state index contributed by atoms with van der Waals surface area (Å²) in [6, 6.07) is 10.2. The highest BCUT2D eigenvalue weighted by Crippen LogP contribution is 2.32. The molecule has 106 valence electrons. The van der Waals surface area contributed by atoms with Gasteiger partial charge in [-0.15, -0.1) is 0 Å². The largest absolute Gasteiger partial charge is 0.366 e. The average Bonchev–Trinajstić information content (AvgIpc) is 2.54. The number of Topliss-reactive ketones (excluding diaryl/α,β-unsaturated/α-hetero) is 1. The third kappa shape index (κ3) is 2.75. The van der Waals surface area contributed by atoms with E-state index in [1.165, 1.54) is 5.56 Å². The average molecular weight is 270 g/mol. The summed E-state index contributed by atoms with van der Waals surface area (Å²) >= 11 is 0. The van der Waals surface area contributed by atoms with Crippen LogP contribution in [0.15, 0.2) is 48.6 Å². The van der Waals surface area contributed by atoms with Gasteiger partial charge in [0.1, 0.15) is 5.60 Å². The lowest BCUT2D eigenvalue weighted by Crippen LogP contribution is -2.42. The highest BCUT2D eigenvalue weighted by Gasteiger charge is 2.38. The zero-order valence-corrected chi connectivity index (χ0v) is 12.4. The van der Waals surface area contributed by atoms with Crippen LogP contribution in [0.3, 0.4) is 0 Å². The van der Waals surface area contributed by atoms with Crippen LogP contribution in [0.25, 0.3) is 5.57 Å². The quantitative estimate of drug-likeness (QED) is 0.807. The van der Waals surface area contributed by atoms with Gasteiger partial charge in [-0.05, 0) is 23.6 Å². The van der Waals surface area contributed by atoms with Crippen LogP contribution in [0.1, 0.15) is 32.3 Å². The second-order valence-electron chi connectivity index (χ2n) is 5.33. The van der Waals surface area contributed by atoms with Crippen LogP contribution >= 0.6 is 0 Å². The van der Waals surface area contributed by atoms with Gasteiger partial charge in [0.15, 0.2) is 5.78 Å². The number of ether oxygens (including phenoxy) is 1. The molecule has 1 aliphatic carbocycles. The predicted molar refractivity (Wildman–Crippen MR) is 82.4 cm³/mol. The first-order valence-electron chi connectivity index (χ1n) is 7.17. The van der Waals surface area contributed by atoms with Gasteiger partial charge in [0.2, 0.25) is 0 Å². The molecule has 0 saturated heterocycles. The van der Waals surface area contributed by atoms with Gasteiger partial charge in [-0.3, -0.25) is 4.79 Å². The van der Waals surface area contributed by atoms with E-state index >= 15 is 0 Å². The molecule has 20 heavy (non-hydrogen) atoms. The SMILES string of the molecule is CCC(C)C(=O)C1(OC)C=CC(c2ccccc2)=CC1. The number of benzene rings is 1. The van der Waals surface area contributed by atoms with Crippen LogP contribution in [-0.4, -0.2) is 18.5 Å². The lowest BCUT2D eigenvalue weighted by atomic mass is 9.81. The molecule has 0 aromatic heterocycles. The van der Waals surface area contributed by atoms with E-state index in [2.05, 4.69) is 18.2 Å². The molecule has 2 heteroatoms. The van der Waals surface area contributed by atoms with Crippen molar-refractivity contribution in [3.63, 3.8) is 0 Å². The van der Waals surface area contributed by atoms with E-state index in [1.54, 1.807) is 7.11 Å². The van der Waals surface area contributed by atoms with E-state index in [0.29, 0.717) is 6.42 Å². The van der Waals surface area contributed by atoms with E-state index in [4.69, 9.17) is 4.74 Å². The molecule has 2 rings (SSSR count). The molecule has 0 fully saturated rings. The molecular weight excluding hydrogens is 248 g/mol. The molecule has 0 N–H and O–H groups in total. The molecule has 2 unspecified atom stereocenters. The van der Waals surface area contributed by atoms with Gasteiger partial charge in [0.25, 0.3) is 0 Å². The number of hydrogen-bond donors (Lipinski definition) is 0. The zero-order valence-electron chi connectivity index (χ0n) is 12.4. The summed E-state index contributed by atoms with van der Waals surface area (Å²) in [4.78, 5) is 12.5. The molecule has 1 aliphatic rings. The van der Waals surface area contributed by atoms with Crippen LogP contribution in [0.5, 0.6) is 0 Å². The van der Waals surface area contributed by atoms with Crippen molar-refractivity contribution in [2.45, 2.75) is 32.3 Å². The first-order valence-corrected chi connectivity index (χ1v) is 7.17. The van der Waals surface area contributed by atoms with Gasteiger partial charge < -0.3 is 4.74 Å². The van der Waals surface area contributed by atoms with Crippen LogP contribution in [-0.2, 0) is 9.53 Å². The maximum atomic E-state index is 12.5. The first kappa shape index (κ1) is 14.7. The summed E-state index contributed by atoms with van der Waals surface area (Å²) < 4.78 is 5.57. The molecule has 0 radical (unpaired) electrons. The minimum Gasteiger partial charge on any atom is -0.366 e. The van der Waals surface area contributed by atoms with Crippen molar-refractivity contribution < 1.29 is 9.53 Å². The Morgan fingerprint density at radius 3 is 2.55 bits per heavy atom. The lowest BCUT2D eigenvalue weighted by Gasteiger charge is -2.31. The third-order valence-electron chi connectivity index (χ3n) is 4.11. The van der Waals surface area contributed by atoms with Crippen LogP contribution < -0.4 is 0 Å². The van der Waals surface area contributed by atoms with Crippen molar-refractivity contribution in [2.24, 2.45) is 5.92 Å². The fraction of sp³-hybridized carbons (Fsp3) is 0.389. The number of allylic oxidation sites excluding steroid dienone is 2. The Kier molecular flexibility index (Phi) is 4.56. The molecule has 1 aromatic carbocycles. The van der Waals surface area contributed by atoms with Crippen molar-refractivity contribution in [1.29, 1.82) is 0 Å². The van der Waals surface area contributed by atoms with Gasteiger partial charge >= 0.3 is 0 Å². The van der Waals surface area contributed by atoms with Gasteiger partial charge in [0, 0.05) is 19.4 Å². The molecule has 0 bridgehead atoms. The number of ketones is 1. The number of methoxy groups -OCH3 is 1. The van der Waals surface area contributed by atoms with Crippen molar-refractivity contribution in [2.75, 3.05) is 7.11 Å². The Hall–Kier alpha value is -1.67. The Morgan fingerprint density at radius 1 is 1.35 bits per heavy atom. The van der Waals surface area contributed by atoms with E-state index in [-0.39, 0.29) is 11.7 Å². The molecule has 0 amide bonds. The lowest BCUT2D eigenvalue weighted by molar-refractivity contribution is -0.139. The van der Waals surface area contributed by atoms with E-state index in [0.717, 1.165) is 12.0 Å². The third-order valence-corrected chi connectivity index (χ3v) is 4.11. The number of hydrogen-bond acceptors (Lipinski definition) is 2. The number of rotatable bonds is 5. The van der Waals surface area contributed by atoms with Gasteiger partial charge in [-0.2, -0.15) is 0 Å². The summed E-state index contributed by atoms with van der Waals surface area (Å²) in [6.07, 6.45) is 7.46. The Morgan fingerprint density at radius 2 is 2.05 bits per heavy atom. The molecule has 0 heterocycles. The molecule has 1 aromatic rings. The Balaban J connectivity index is 2.22. The van der Waals surface area contributed by atoms with Gasteiger partial charge in [-0.1, -0.05) is 56.3 Å². The summed E-state index contributed by atoms with van der Waals surface area (Å²) in [7, 11) is 1.62. The fourth-order valence-corrected chi connectivity index (χ4v) is 2.50. The van der Waals surface area contributed by atoms with Crippen LogP contribution in [0.2, 0.25) is 0 Å². The number of carbonyl (C=O) groups excluding carboxylic acids is 1. The fourth-order valence-electron chi connectivity index (χ4n) is 2.50. The summed E-state index contributed by atoms with van der Waals surface area (Å²) in [5.74, 6) is 0.188. The summed E-state index contributed by atoms with van der Waals surface area (Å²) in [5.41, 5.74) is 1.54. The topological polar surface area (TPSA) is 26.3 Å². The van der Waals surface area contributed by atoms with Crippen molar-refractivity contribution in [3.8, 4) is 0 Å². The first-order chi connectivity index (χ1) is 9.63. The molecule has 2 nitrogen and oxygen atoms in total.